The predicted octanol–water partition coefficient (Wildman–Crippen LogP) is 7.78. The van der Waals surface area contributed by atoms with E-state index in [1.165, 1.54) is 21.7 Å². The summed E-state index contributed by atoms with van der Waals surface area (Å²) in [5.74, 6) is -0.664. The van der Waals surface area contributed by atoms with E-state index in [9.17, 15) is 9.59 Å². The summed E-state index contributed by atoms with van der Waals surface area (Å²) < 4.78 is 0. The van der Waals surface area contributed by atoms with Gasteiger partial charge < -0.3 is 5.11 Å². The Morgan fingerprint density at radius 1 is 0.611 bits per heavy atom. The molecule has 4 aromatic carbocycles. The summed E-state index contributed by atoms with van der Waals surface area (Å²) in [6, 6.07) is 28.9. The molecule has 2 aliphatic rings. The third-order valence-electron chi connectivity index (χ3n) is 6.67. The first kappa shape index (κ1) is 23.3. The van der Waals surface area contributed by atoms with E-state index in [1.807, 2.05) is 42.5 Å². The number of carboxylic acid groups (broad SMARTS) is 1. The standard InChI is InChI=1S/C17H14O.C16H12O2/c1-12(18)14-9-10-15(11-14)17-8-4-6-13-5-2-3-7-16(13)17;17-16(18)13-9-8-12(10-13)15-7-3-5-11-4-1-2-6-14(11)15/h2-8,10-11H,9H2,1H3;1-8,10H,9H2,(H,17,18). The molecule has 0 unspecified atom stereocenters. The largest absolute Gasteiger partial charge is 0.478 e. The number of carboxylic acids is 1. The molecule has 0 radical (unpaired) electrons. The molecule has 2 aliphatic carbocycles. The van der Waals surface area contributed by atoms with Gasteiger partial charge in [-0.25, -0.2) is 4.79 Å². The minimum atomic E-state index is -0.832. The first-order chi connectivity index (χ1) is 17.5. The summed E-state index contributed by atoms with van der Waals surface area (Å²) in [6.45, 7) is 1.63. The van der Waals surface area contributed by atoms with Crippen molar-refractivity contribution in [3.8, 4) is 0 Å². The fourth-order valence-corrected chi connectivity index (χ4v) is 4.78. The molecule has 4 aromatic rings. The lowest BCUT2D eigenvalue weighted by Crippen LogP contribution is -1.96. The van der Waals surface area contributed by atoms with Gasteiger partial charge in [0.2, 0.25) is 0 Å². The fraction of sp³-hybridized carbons (Fsp3) is 0.0909. The normalized spacial score (nSPS) is 14.5. The molecule has 0 aliphatic heterocycles. The van der Waals surface area contributed by atoms with E-state index < -0.39 is 5.97 Å². The lowest BCUT2D eigenvalue weighted by atomic mass is 9.99. The van der Waals surface area contributed by atoms with Gasteiger partial charge in [0, 0.05) is 5.57 Å². The van der Waals surface area contributed by atoms with Gasteiger partial charge in [0.05, 0.1) is 0 Å². The van der Waals surface area contributed by atoms with Gasteiger partial charge in [0.1, 0.15) is 0 Å². The molecule has 0 saturated heterocycles. The Kier molecular flexibility index (Phi) is 6.46. The molecule has 176 valence electrons. The highest BCUT2D eigenvalue weighted by Crippen LogP contribution is 2.32. The van der Waals surface area contributed by atoms with Gasteiger partial charge in [-0.05, 0) is 81.3 Å². The van der Waals surface area contributed by atoms with E-state index in [1.54, 1.807) is 13.0 Å². The molecule has 0 atom stereocenters. The maximum Gasteiger partial charge on any atom is 0.331 e. The van der Waals surface area contributed by atoms with Gasteiger partial charge in [0.15, 0.2) is 5.78 Å². The van der Waals surface area contributed by atoms with Gasteiger partial charge >= 0.3 is 5.97 Å². The van der Waals surface area contributed by atoms with Crippen molar-refractivity contribution in [2.45, 2.75) is 19.8 Å². The van der Waals surface area contributed by atoms with Crippen LogP contribution in [0.25, 0.3) is 32.7 Å². The van der Waals surface area contributed by atoms with Crippen molar-refractivity contribution in [1.82, 2.24) is 0 Å². The molecule has 0 heterocycles. The average molecular weight is 471 g/mol. The summed E-state index contributed by atoms with van der Waals surface area (Å²) in [7, 11) is 0. The average Bonchev–Trinajstić information content (AvgIpc) is 3.59. The molecule has 0 spiro atoms. The Balaban J connectivity index is 0.000000148. The number of benzene rings is 4. The van der Waals surface area contributed by atoms with E-state index in [0.29, 0.717) is 12.0 Å². The predicted molar refractivity (Wildman–Crippen MR) is 148 cm³/mol. The molecule has 3 heteroatoms. The number of fused-ring (bicyclic) bond motifs is 2. The number of allylic oxidation sites excluding steroid dienone is 7. The molecule has 36 heavy (non-hydrogen) atoms. The van der Waals surface area contributed by atoms with Crippen molar-refractivity contribution in [2.24, 2.45) is 0 Å². The van der Waals surface area contributed by atoms with Crippen molar-refractivity contribution in [3.05, 3.63) is 132 Å². The molecule has 0 amide bonds. The number of carbonyl (C=O) groups is 2. The molecule has 0 saturated carbocycles. The zero-order chi connectivity index (χ0) is 25.1. The highest BCUT2D eigenvalue weighted by molar-refractivity contribution is 6.03. The van der Waals surface area contributed by atoms with Crippen LogP contribution >= 0.6 is 0 Å². The maximum atomic E-state index is 11.4. The quantitative estimate of drug-likeness (QED) is 0.331. The van der Waals surface area contributed by atoms with Crippen molar-refractivity contribution >= 4 is 44.4 Å². The summed E-state index contributed by atoms with van der Waals surface area (Å²) >= 11 is 0. The topological polar surface area (TPSA) is 54.4 Å². The smallest absolute Gasteiger partial charge is 0.331 e. The number of ketones is 1. The minimum absolute atomic E-state index is 0.168. The number of rotatable bonds is 4. The Hall–Kier alpha value is -4.50. The van der Waals surface area contributed by atoms with Crippen molar-refractivity contribution in [3.63, 3.8) is 0 Å². The summed E-state index contributed by atoms with van der Waals surface area (Å²) in [6.07, 6.45) is 9.17. The molecular formula is C33H26O3. The van der Waals surface area contributed by atoms with E-state index in [0.717, 1.165) is 34.1 Å². The molecule has 0 aromatic heterocycles. The van der Waals surface area contributed by atoms with E-state index >= 15 is 0 Å². The van der Waals surface area contributed by atoms with Crippen LogP contribution in [0.5, 0.6) is 0 Å². The van der Waals surface area contributed by atoms with E-state index in [4.69, 9.17) is 5.11 Å². The van der Waals surface area contributed by atoms with Crippen LogP contribution in [-0.2, 0) is 9.59 Å². The Morgan fingerprint density at radius 2 is 1.06 bits per heavy atom. The van der Waals surface area contributed by atoms with Crippen LogP contribution < -0.4 is 0 Å². The number of aliphatic carboxylic acids is 1. The SMILES string of the molecule is CC(=O)C1=CC(c2cccc3ccccc23)=CC1.O=C(O)C1=CC(c2cccc3ccccc23)=CC1. The number of Topliss-reactive ketones (excluding diaryl/α,β-unsaturated/α-hetero) is 1. The van der Waals surface area contributed by atoms with Crippen LogP contribution in [0, 0.1) is 0 Å². The number of hydrogen-bond acceptors (Lipinski definition) is 2. The molecule has 1 N–H and O–H groups in total. The highest BCUT2D eigenvalue weighted by atomic mass is 16.4. The van der Waals surface area contributed by atoms with Gasteiger partial charge in [0.25, 0.3) is 0 Å². The van der Waals surface area contributed by atoms with Crippen molar-refractivity contribution < 1.29 is 14.7 Å². The van der Waals surface area contributed by atoms with Gasteiger partial charge in [-0.15, -0.1) is 0 Å². The monoisotopic (exact) mass is 470 g/mol. The van der Waals surface area contributed by atoms with Crippen LogP contribution in [0.4, 0.5) is 0 Å². The molecule has 3 nitrogen and oxygen atoms in total. The van der Waals surface area contributed by atoms with Gasteiger partial charge in [-0.1, -0.05) is 97.1 Å². The maximum absolute atomic E-state index is 11.4. The second-order valence-corrected chi connectivity index (χ2v) is 8.98. The van der Waals surface area contributed by atoms with Crippen LogP contribution in [0.2, 0.25) is 0 Å². The fourth-order valence-electron chi connectivity index (χ4n) is 4.78. The van der Waals surface area contributed by atoms with Crippen LogP contribution in [-0.4, -0.2) is 16.9 Å². The van der Waals surface area contributed by atoms with Gasteiger partial charge in [-0.2, -0.15) is 0 Å². The van der Waals surface area contributed by atoms with Crippen LogP contribution in [0.3, 0.4) is 0 Å². The Labute approximate surface area is 210 Å². The first-order valence-corrected chi connectivity index (χ1v) is 12.0. The van der Waals surface area contributed by atoms with E-state index in [2.05, 4.69) is 60.7 Å². The molecule has 0 bridgehead atoms. The number of carbonyl (C=O) groups excluding carboxylic acids is 1. The van der Waals surface area contributed by atoms with Crippen LogP contribution in [0.1, 0.15) is 30.9 Å². The minimum Gasteiger partial charge on any atom is -0.478 e. The third kappa shape index (κ3) is 4.69. The van der Waals surface area contributed by atoms with E-state index in [-0.39, 0.29) is 5.78 Å². The van der Waals surface area contributed by atoms with Crippen molar-refractivity contribution in [2.75, 3.05) is 0 Å². The highest BCUT2D eigenvalue weighted by Gasteiger charge is 2.15. The van der Waals surface area contributed by atoms with Gasteiger partial charge in [-0.3, -0.25) is 4.79 Å². The zero-order valence-electron chi connectivity index (χ0n) is 20.1. The number of hydrogen-bond donors (Lipinski definition) is 1. The third-order valence-corrected chi connectivity index (χ3v) is 6.67. The second-order valence-electron chi connectivity index (χ2n) is 8.98. The summed E-state index contributed by atoms with van der Waals surface area (Å²) in [5, 5.41) is 13.8. The van der Waals surface area contributed by atoms with Crippen molar-refractivity contribution in [1.29, 1.82) is 0 Å². The first-order valence-electron chi connectivity index (χ1n) is 12.0. The lowest BCUT2D eigenvalue weighted by Gasteiger charge is -2.05. The Morgan fingerprint density at radius 3 is 1.50 bits per heavy atom. The lowest BCUT2D eigenvalue weighted by molar-refractivity contribution is -0.132. The summed E-state index contributed by atoms with van der Waals surface area (Å²) in [5.41, 5.74) is 5.84. The Bertz CT molecular complexity index is 1500. The molecule has 6 rings (SSSR count). The summed E-state index contributed by atoms with van der Waals surface area (Å²) in [4.78, 5) is 22.3. The van der Waals surface area contributed by atoms with Crippen LogP contribution in [0.15, 0.2) is 120 Å². The molecular weight excluding hydrogens is 444 g/mol. The zero-order valence-corrected chi connectivity index (χ0v) is 20.1. The second kappa shape index (κ2) is 10.0. The molecule has 0 fully saturated rings.